The first kappa shape index (κ1) is 16.3. The third-order valence-electron chi connectivity index (χ3n) is 2.95. The molecule has 0 fully saturated rings. The first-order valence-electron chi connectivity index (χ1n) is 6.71. The lowest BCUT2D eigenvalue weighted by atomic mass is 10.1. The van der Waals surface area contributed by atoms with Crippen LogP contribution >= 0.6 is 23.2 Å². The largest absolute Gasteiger partial charge is 0.366 e. The molecule has 4 N–H and O–H groups in total. The van der Waals surface area contributed by atoms with E-state index in [-0.39, 0.29) is 0 Å². The second-order valence-corrected chi connectivity index (χ2v) is 5.38. The van der Waals surface area contributed by atoms with Gasteiger partial charge in [-0.05, 0) is 18.9 Å². The van der Waals surface area contributed by atoms with E-state index in [1.54, 1.807) is 6.07 Å². The lowest BCUT2D eigenvalue weighted by Crippen LogP contribution is -2.21. The van der Waals surface area contributed by atoms with Crippen LogP contribution in [-0.4, -0.2) is 11.0 Å². The van der Waals surface area contributed by atoms with Crippen LogP contribution in [0.1, 0.15) is 46.0 Å². The molecule has 1 heterocycles. The van der Waals surface area contributed by atoms with Crippen molar-refractivity contribution in [3.63, 3.8) is 0 Å². The molecule has 0 aromatic carbocycles. The van der Waals surface area contributed by atoms with E-state index in [1.165, 1.54) is 12.8 Å². The number of rotatable bonds is 8. The van der Waals surface area contributed by atoms with Crippen LogP contribution in [0, 0.1) is 0 Å². The maximum absolute atomic E-state index is 6.16. The number of anilines is 2. The Labute approximate surface area is 125 Å². The Kier molecular flexibility index (Phi) is 7.28. The molecule has 1 atom stereocenters. The average molecular weight is 305 g/mol. The third kappa shape index (κ3) is 5.05. The molecular weight excluding hydrogens is 283 g/mol. The maximum Gasteiger partial charge on any atom is 0.161 e. The highest BCUT2D eigenvalue weighted by molar-refractivity contribution is 6.37. The molecule has 0 aliphatic heterocycles. The summed E-state index contributed by atoms with van der Waals surface area (Å²) >= 11 is 12.1. The quantitative estimate of drug-likeness (QED) is 0.490. The van der Waals surface area contributed by atoms with E-state index in [9.17, 15) is 0 Å². The van der Waals surface area contributed by atoms with Crippen LogP contribution in [0.15, 0.2) is 6.07 Å². The van der Waals surface area contributed by atoms with Crippen molar-refractivity contribution >= 4 is 34.8 Å². The predicted molar refractivity (Wildman–Crippen MR) is 83.9 cm³/mol. The number of nitrogens with zero attached hydrogens (tertiary/aromatic N) is 1. The maximum atomic E-state index is 6.16. The van der Waals surface area contributed by atoms with Gasteiger partial charge >= 0.3 is 0 Å². The summed E-state index contributed by atoms with van der Waals surface area (Å²) in [5.74, 6) is 6.43. The van der Waals surface area contributed by atoms with E-state index in [0.29, 0.717) is 27.7 Å². The van der Waals surface area contributed by atoms with Gasteiger partial charge in [-0.25, -0.2) is 10.8 Å². The number of unbranched alkanes of at least 4 members (excludes halogenated alkanes) is 1. The third-order valence-corrected chi connectivity index (χ3v) is 3.53. The van der Waals surface area contributed by atoms with Crippen LogP contribution in [0.2, 0.25) is 10.0 Å². The Balaban J connectivity index is 2.82. The van der Waals surface area contributed by atoms with Crippen molar-refractivity contribution in [3.8, 4) is 0 Å². The van der Waals surface area contributed by atoms with Crippen LogP contribution in [0.25, 0.3) is 0 Å². The van der Waals surface area contributed by atoms with Gasteiger partial charge in [0.2, 0.25) is 0 Å². The van der Waals surface area contributed by atoms with Crippen molar-refractivity contribution in [3.05, 3.63) is 16.1 Å². The molecule has 0 bridgehead atoms. The van der Waals surface area contributed by atoms with E-state index in [0.717, 1.165) is 19.3 Å². The minimum Gasteiger partial charge on any atom is -0.366 e. The molecular formula is C13H22Cl2N4. The highest BCUT2D eigenvalue weighted by Crippen LogP contribution is 2.29. The van der Waals surface area contributed by atoms with E-state index < -0.39 is 0 Å². The molecule has 0 aliphatic rings. The van der Waals surface area contributed by atoms with Gasteiger partial charge in [-0.2, -0.15) is 0 Å². The van der Waals surface area contributed by atoms with Crippen molar-refractivity contribution in [1.29, 1.82) is 0 Å². The summed E-state index contributed by atoms with van der Waals surface area (Å²) < 4.78 is 0. The summed E-state index contributed by atoms with van der Waals surface area (Å²) in [4.78, 5) is 4.31. The van der Waals surface area contributed by atoms with Gasteiger partial charge in [-0.1, -0.05) is 56.3 Å². The molecule has 0 saturated carbocycles. The Morgan fingerprint density at radius 2 is 1.84 bits per heavy atom. The van der Waals surface area contributed by atoms with E-state index >= 15 is 0 Å². The van der Waals surface area contributed by atoms with Crippen molar-refractivity contribution in [2.75, 3.05) is 10.7 Å². The first-order chi connectivity index (χ1) is 9.12. The molecule has 4 nitrogen and oxygen atoms in total. The van der Waals surface area contributed by atoms with E-state index in [1.807, 2.05) is 0 Å². The second kappa shape index (κ2) is 8.46. The topological polar surface area (TPSA) is 63.0 Å². The fourth-order valence-electron chi connectivity index (χ4n) is 1.95. The molecule has 1 aromatic rings. The predicted octanol–water partition coefficient (Wildman–Crippen LogP) is 4.44. The van der Waals surface area contributed by atoms with Crippen LogP contribution in [0.5, 0.6) is 0 Å². The van der Waals surface area contributed by atoms with E-state index in [2.05, 4.69) is 29.6 Å². The number of halogens is 2. The number of nitrogens with one attached hydrogen (secondary N) is 2. The van der Waals surface area contributed by atoms with Crippen molar-refractivity contribution in [1.82, 2.24) is 4.98 Å². The molecule has 1 aromatic heterocycles. The average Bonchev–Trinajstić information content (AvgIpc) is 2.39. The Bertz CT molecular complexity index is 398. The lowest BCUT2D eigenvalue weighted by Gasteiger charge is -2.20. The molecule has 1 rings (SSSR count). The van der Waals surface area contributed by atoms with E-state index in [4.69, 9.17) is 29.0 Å². The molecule has 19 heavy (non-hydrogen) atoms. The van der Waals surface area contributed by atoms with Gasteiger partial charge in [0.15, 0.2) is 5.82 Å². The second-order valence-electron chi connectivity index (χ2n) is 4.57. The Morgan fingerprint density at radius 1 is 1.16 bits per heavy atom. The molecule has 6 heteroatoms. The molecule has 0 amide bonds. The minimum atomic E-state index is 0.377. The van der Waals surface area contributed by atoms with Crippen molar-refractivity contribution < 1.29 is 0 Å². The van der Waals surface area contributed by atoms with Gasteiger partial charge in [0.05, 0.1) is 10.0 Å². The molecule has 1 unspecified atom stereocenters. The smallest absolute Gasteiger partial charge is 0.161 e. The zero-order valence-electron chi connectivity index (χ0n) is 11.5. The number of pyridine rings is 1. The fraction of sp³-hybridized carbons (Fsp3) is 0.615. The number of hydrogen-bond donors (Lipinski definition) is 3. The van der Waals surface area contributed by atoms with Crippen LogP contribution in [0.3, 0.4) is 0 Å². The summed E-state index contributed by atoms with van der Waals surface area (Å²) in [6, 6.07) is 2.03. The molecule has 0 radical (unpaired) electrons. The van der Waals surface area contributed by atoms with Crippen LogP contribution < -0.4 is 16.6 Å². The number of aromatic nitrogens is 1. The fourth-order valence-corrected chi connectivity index (χ4v) is 2.42. The van der Waals surface area contributed by atoms with Crippen molar-refractivity contribution in [2.24, 2.45) is 5.84 Å². The van der Waals surface area contributed by atoms with Crippen LogP contribution in [-0.2, 0) is 0 Å². The van der Waals surface area contributed by atoms with Gasteiger partial charge in [-0.15, -0.1) is 0 Å². The number of hydrogen-bond acceptors (Lipinski definition) is 4. The van der Waals surface area contributed by atoms with Gasteiger partial charge in [0.25, 0.3) is 0 Å². The van der Waals surface area contributed by atoms with Crippen LogP contribution in [0.4, 0.5) is 11.6 Å². The first-order valence-corrected chi connectivity index (χ1v) is 7.47. The zero-order chi connectivity index (χ0) is 14.3. The monoisotopic (exact) mass is 304 g/mol. The summed E-state index contributed by atoms with van der Waals surface area (Å²) in [6.45, 7) is 4.36. The highest BCUT2D eigenvalue weighted by Gasteiger charge is 2.13. The molecule has 0 saturated heterocycles. The van der Waals surface area contributed by atoms with Gasteiger partial charge in [0, 0.05) is 6.04 Å². The molecule has 108 valence electrons. The Hall–Kier alpha value is -0.710. The zero-order valence-corrected chi connectivity index (χ0v) is 13.0. The van der Waals surface area contributed by atoms with Gasteiger partial charge in [0.1, 0.15) is 5.82 Å². The summed E-state index contributed by atoms with van der Waals surface area (Å²) in [6.07, 6.45) is 5.68. The van der Waals surface area contributed by atoms with Crippen molar-refractivity contribution in [2.45, 2.75) is 52.0 Å². The van der Waals surface area contributed by atoms with Gasteiger partial charge < -0.3 is 10.7 Å². The summed E-state index contributed by atoms with van der Waals surface area (Å²) in [5, 5.41) is 4.32. The molecule has 0 spiro atoms. The van der Waals surface area contributed by atoms with Gasteiger partial charge in [-0.3, -0.25) is 0 Å². The molecule has 0 aliphatic carbocycles. The highest BCUT2D eigenvalue weighted by atomic mass is 35.5. The number of nitrogens with two attached hydrogens (primary N) is 1. The minimum absolute atomic E-state index is 0.377. The Morgan fingerprint density at radius 3 is 2.42 bits per heavy atom. The standard InChI is InChI=1S/C13H22Cl2N4/c1-3-5-7-9(6-4-2)17-12-10(14)8-11(15)13(18-12)19-16/h8-9H,3-7,16H2,1-2H3,(H2,17,18,19). The lowest BCUT2D eigenvalue weighted by molar-refractivity contribution is 0.563. The summed E-state index contributed by atoms with van der Waals surface area (Å²) in [5.41, 5.74) is 2.47. The number of hydrazine groups is 1. The normalized spacial score (nSPS) is 12.3. The SMILES string of the molecule is CCCCC(CCC)Nc1nc(NN)c(Cl)cc1Cl. The summed E-state index contributed by atoms with van der Waals surface area (Å²) in [7, 11) is 0. The number of nitrogen functional groups attached to an aromatic ring is 1.